The van der Waals surface area contributed by atoms with Crippen molar-refractivity contribution in [2.75, 3.05) is 0 Å². The molecule has 1 aromatic heterocycles. The Bertz CT molecular complexity index is 729. The molecule has 7 N–H and O–H groups in total. The first-order valence-electron chi connectivity index (χ1n) is 6.25. The third-order valence-corrected chi connectivity index (χ3v) is 2.77. The van der Waals surface area contributed by atoms with Gasteiger partial charge in [0.2, 0.25) is 0 Å². The third-order valence-electron chi connectivity index (χ3n) is 2.77. The van der Waals surface area contributed by atoms with Gasteiger partial charge in [-0.05, 0) is 11.5 Å². The van der Waals surface area contributed by atoms with E-state index < -0.39 is 0 Å². The number of aromatic nitrogens is 1. The number of para-hydroxylation sites is 1. The topological polar surface area (TPSA) is 125 Å². The lowest BCUT2D eigenvalue weighted by Crippen LogP contribution is -2.39. The molecule has 0 aliphatic heterocycles. The second-order valence-corrected chi connectivity index (χ2v) is 4.31. The van der Waals surface area contributed by atoms with Crippen LogP contribution in [0.4, 0.5) is 0 Å². The molecule has 0 aliphatic carbocycles. The Morgan fingerprint density at radius 2 is 1.43 bits per heavy atom. The maximum absolute atomic E-state index is 6.47. The lowest BCUT2D eigenvalue weighted by atomic mass is 10.1. The minimum Gasteiger partial charge on any atom is -0.370 e. The van der Waals surface area contributed by atoms with Gasteiger partial charge in [0.25, 0.3) is 0 Å². The van der Waals surface area contributed by atoms with Gasteiger partial charge in [-0.3, -0.25) is 21.1 Å². The minimum absolute atomic E-state index is 0.312. The molecule has 6 heteroatoms. The van der Waals surface area contributed by atoms with Gasteiger partial charge in [-0.15, -0.1) is 0 Å². The molecule has 0 amide bonds. The summed E-state index contributed by atoms with van der Waals surface area (Å²) in [5, 5.41) is 18.7. The van der Waals surface area contributed by atoms with Crippen molar-refractivity contribution in [2.45, 2.75) is 0 Å². The lowest BCUT2D eigenvalue weighted by molar-refractivity contribution is 1.19. The number of benzene rings is 2. The number of nitrogens with two attached hydrogens (primary N) is 2. The van der Waals surface area contributed by atoms with Gasteiger partial charge in [0, 0.05) is 17.0 Å². The summed E-state index contributed by atoms with van der Waals surface area (Å²) in [6.07, 6.45) is 1.93. The Morgan fingerprint density at radius 3 is 2.05 bits per heavy atom. The molecule has 3 rings (SSSR count). The predicted octanol–water partition coefficient (Wildman–Crippen LogP) is 1.75. The molecule has 0 unspecified atom stereocenters. The zero-order chi connectivity index (χ0) is 15.2. The number of nitrogens with one attached hydrogen (secondary N) is 3. The van der Waals surface area contributed by atoms with Crippen LogP contribution in [-0.4, -0.2) is 16.9 Å². The number of hydrogen-bond donors (Lipinski definition) is 5. The second kappa shape index (κ2) is 6.33. The quantitative estimate of drug-likeness (QED) is 0.244. The van der Waals surface area contributed by atoms with Gasteiger partial charge in [-0.2, -0.15) is 0 Å². The SMILES string of the molecule is N=C(N)NC(=N)N.c1ccc2c(c1)cnc1ccccc12. The fourth-order valence-electron chi connectivity index (χ4n) is 1.95. The zero-order valence-corrected chi connectivity index (χ0v) is 11.3. The van der Waals surface area contributed by atoms with E-state index in [9.17, 15) is 0 Å². The fourth-order valence-corrected chi connectivity index (χ4v) is 1.95. The Labute approximate surface area is 121 Å². The Hall–Kier alpha value is -3.15. The molecular weight excluding hydrogens is 264 g/mol. The van der Waals surface area contributed by atoms with Crippen LogP contribution in [0, 0.1) is 10.8 Å². The largest absolute Gasteiger partial charge is 0.370 e. The van der Waals surface area contributed by atoms with E-state index in [-0.39, 0.29) is 11.9 Å². The van der Waals surface area contributed by atoms with Gasteiger partial charge in [0.15, 0.2) is 11.9 Å². The standard InChI is InChI=1S/C13H9N.C2H7N5/c1-2-6-11-10(5-1)9-14-13-8-4-3-7-12(11)13;3-1(4)7-2(5)6/h1-9H;(H7,3,4,5,6,7). The monoisotopic (exact) mass is 280 g/mol. The van der Waals surface area contributed by atoms with Crippen molar-refractivity contribution in [3.05, 3.63) is 54.7 Å². The summed E-state index contributed by atoms with van der Waals surface area (Å²) in [7, 11) is 0. The highest BCUT2D eigenvalue weighted by molar-refractivity contribution is 6.05. The molecule has 0 aliphatic rings. The predicted molar refractivity (Wildman–Crippen MR) is 86.2 cm³/mol. The molecule has 6 nitrogen and oxygen atoms in total. The van der Waals surface area contributed by atoms with Gasteiger partial charge >= 0.3 is 0 Å². The van der Waals surface area contributed by atoms with Crippen LogP contribution in [0.1, 0.15) is 0 Å². The van der Waals surface area contributed by atoms with Gasteiger partial charge in [0.05, 0.1) is 5.52 Å². The maximum Gasteiger partial charge on any atom is 0.192 e. The average molecular weight is 280 g/mol. The van der Waals surface area contributed by atoms with Crippen LogP contribution in [0.3, 0.4) is 0 Å². The molecule has 2 aromatic carbocycles. The summed E-state index contributed by atoms with van der Waals surface area (Å²) in [5.41, 5.74) is 10.6. The number of guanidine groups is 2. The van der Waals surface area contributed by atoms with Crippen molar-refractivity contribution in [3.8, 4) is 0 Å². The molecule has 0 radical (unpaired) electrons. The zero-order valence-electron chi connectivity index (χ0n) is 11.3. The molecule has 0 saturated carbocycles. The Morgan fingerprint density at radius 1 is 0.857 bits per heavy atom. The number of nitrogens with zero attached hydrogens (tertiary/aromatic N) is 1. The molecular formula is C15H16N6. The van der Waals surface area contributed by atoms with E-state index in [0.717, 1.165) is 5.52 Å². The number of rotatable bonds is 0. The highest BCUT2D eigenvalue weighted by Gasteiger charge is 1.98. The normalized spacial score (nSPS) is 9.71. The van der Waals surface area contributed by atoms with Gasteiger partial charge < -0.3 is 11.5 Å². The highest BCUT2D eigenvalue weighted by atomic mass is 15.1. The first-order chi connectivity index (χ1) is 10.1. The van der Waals surface area contributed by atoms with E-state index in [1.807, 2.05) is 29.7 Å². The van der Waals surface area contributed by atoms with Crippen molar-refractivity contribution in [1.82, 2.24) is 10.3 Å². The first-order valence-corrected chi connectivity index (χ1v) is 6.25. The summed E-state index contributed by atoms with van der Waals surface area (Å²) in [6, 6.07) is 16.6. The van der Waals surface area contributed by atoms with E-state index in [1.54, 1.807) is 0 Å². The molecule has 0 saturated heterocycles. The number of hydrogen-bond acceptors (Lipinski definition) is 3. The van der Waals surface area contributed by atoms with Gasteiger partial charge in [-0.25, -0.2) is 0 Å². The molecule has 0 fully saturated rings. The van der Waals surface area contributed by atoms with Crippen LogP contribution in [0.2, 0.25) is 0 Å². The van der Waals surface area contributed by atoms with Crippen molar-refractivity contribution in [1.29, 1.82) is 10.8 Å². The first kappa shape index (κ1) is 14.3. The summed E-state index contributed by atoms with van der Waals surface area (Å²) in [5.74, 6) is -0.625. The van der Waals surface area contributed by atoms with Crippen LogP contribution >= 0.6 is 0 Å². The average Bonchev–Trinajstić information content (AvgIpc) is 2.46. The van der Waals surface area contributed by atoms with Gasteiger partial charge in [-0.1, -0.05) is 42.5 Å². The molecule has 21 heavy (non-hydrogen) atoms. The molecule has 0 spiro atoms. The number of pyridine rings is 1. The Kier molecular flexibility index (Phi) is 4.30. The molecule has 106 valence electrons. The maximum atomic E-state index is 6.47. The van der Waals surface area contributed by atoms with E-state index in [0.29, 0.717) is 0 Å². The molecule has 0 bridgehead atoms. The molecule has 3 aromatic rings. The summed E-state index contributed by atoms with van der Waals surface area (Å²) in [4.78, 5) is 4.41. The fraction of sp³-hybridized carbons (Fsp3) is 0. The van der Waals surface area contributed by atoms with E-state index in [1.165, 1.54) is 16.2 Å². The van der Waals surface area contributed by atoms with Crippen molar-refractivity contribution in [2.24, 2.45) is 11.5 Å². The molecule has 0 atom stereocenters. The summed E-state index contributed by atoms with van der Waals surface area (Å²) >= 11 is 0. The van der Waals surface area contributed by atoms with Crippen molar-refractivity contribution in [3.63, 3.8) is 0 Å². The van der Waals surface area contributed by atoms with Gasteiger partial charge in [0.1, 0.15) is 0 Å². The van der Waals surface area contributed by atoms with Crippen LogP contribution < -0.4 is 16.8 Å². The van der Waals surface area contributed by atoms with Crippen molar-refractivity contribution >= 4 is 33.6 Å². The smallest absolute Gasteiger partial charge is 0.192 e. The van der Waals surface area contributed by atoms with Crippen LogP contribution in [0.25, 0.3) is 21.7 Å². The highest BCUT2D eigenvalue weighted by Crippen LogP contribution is 2.22. The van der Waals surface area contributed by atoms with E-state index >= 15 is 0 Å². The van der Waals surface area contributed by atoms with Crippen molar-refractivity contribution < 1.29 is 0 Å². The summed E-state index contributed by atoms with van der Waals surface area (Å²) in [6.45, 7) is 0. The number of fused-ring (bicyclic) bond motifs is 3. The van der Waals surface area contributed by atoms with Crippen LogP contribution in [0.15, 0.2) is 54.7 Å². The van der Waals surface area contributed by atoms with E-state index in [4.69, 9.17) is 22.3 Å². The minimum atomic E-state index is -0.312. The van der Waals surface area contributed by atoms with E-state index in [2.05, 4.69) is 35.3 Å². The molecule has 1 heterocycles. The third kappa shape index (κ3) is 3.66. The summed E-state index contributed by atoms with van der Waals surface area (Å²) < 4.78 is 0. The Balaban J connectivity index is 0.000000199. The van der Waals surface area contributed by atoms with Crippen LogP contribution in [-0.2, 0) is 0 Å². The second-order valence-electron chi connectivity index (χ2n) is 4.31. The lowest BCUT2D eigenvalue weighted by Gasteiger charge is -2.01. The van der Waals surface area contributed by atoms with Crippen LogP contribution in [0.5, 0.6) is 0 Å².